The van der Waals surface area contributed by atoms with Crippen LogP contribution in [-0.4, -0.2) is 40.6 Å². The molecular formula is C12H24N2O3. The molecule has 0 unspecified atom stereocenters. The first-order valence-electron chi connectivity index (χ1n) is 6.02. The third-order valence-electron chi connectivity index (χ3n) is 2.76. The molecule has 0 heterocycles. The maximum Gasteiger partial charge on any atom is 0.329 e. The number of nitrogens with one attached hydrogen (secondary N) is 1. The lowest BCUT2D eigenvalue weighted by molar-refractivity contribution is -0.147. The molecule has 100 valence electrons. The summed E-state index contributed by atoms with van der Waals surface area (Å²) in [6.45, 7) is 9.92. The third-order valence-corrected chi connectivity index (χ3v) is 2.76. The Balaban J connectivity index is 4.46. The predicted octanol–water partition coefficient (Wildman–Crippen LogP) is 1.93. The van der Waals surface area contributed by atoms with Gasteiger partial charge in [0, 0.05) is 13.1 Å². The Hall–Kier alpha value is -1.26. The number of aliphatic carboxylic acids is 1. The molecule has 0 rings (SSSR count). The van der Waals surface area contributed by atoms with Crippen molar-refractivity contribution in [3.8, 4) is 0 Å². The first-order chi connectivity index (χ1) is 7.73. The van der Waals surface area contributed by atoms with Crippen molar-refractivity contribution >= 4 is 12.0 Å². The van der Waals surface area contributed by atoms with Crippen LogP contribution in [0.25, 0.3) is 0 Å². The summed E-state index contributed by atoms with van der Waals surface area (Å²) >= 11 is 0. The van der Waals surface area contributed by atoms with Crippen LogP contribution < -0.4 is 5.32 Å². The Morgan fingerprint density at radius 3 is 2.24 bits per heavy atom. The highest BCUT2D eigenvalue weighted by atomic mass is 16.4. The molecule has 0 aliphatic heterocycles. The van der Waals surface area contributed by atoms with Crippen LogP contribution in [0.3, 0.4) is 0 Å². The van der Waals surface area contributed by atoms with Crippen molar-refractivity contribution in [2.24, 2.45) is 5.92 Å². The normalized spacial score (nSPS) is 11.4. The minimum absolute atomic E-state index is 0.319. The van der Waals surface area contributed by atoms with Crippen molar-refractivity contribution in [1.29, 1.82) is 0 Å². The van der Waals surface area contributed by atoms with E-state index >= 15 is 0 Å². The number of amides is 2. The van der Waals surface area contributed by atoms with Gasteiger partial charge in [0.25, 0.3) is 0 Å². The van der Waals surface area contributed by atoms with Gasteiger partial charge in [-0.15, -0.1) is 0 Å². The van der Waals surface area contributed by atoms with Crippen molar-refractivity contribution in [3.63, 3.8) is 0 Å². The molecule has 0 aromatic heterocycles. The average molecular weight is 244 g/mol. The lowest BCUT2D eigenvalue weighted by Crippen LogP contribution is -2.56. The van der Waals surface area contributed by atoms with Gasteiger partial charge in [-0.25, -0.2) is 9.59 Å². The molecule has 0 aromatic rings. The molecule has 2 amide bonds. The van der Waals surface area contributed by atoms with E-state index in [0.29, 0.717) is 19.0 Å². The number of carboxylic acid groups (broad SMARTS) is 1. The quantitative estimate of drug-likeness (QED) is 0.750. The fourth-order valence-electron chi connectivity index (χ4n) is 1.47. The number of urea groups is 1. The SMILES string of the molecule is CCN(C(=O)NCCC(C)C)C(C)(C)C(=O)O. The summed E-state index contributed by atoms with van der Waals surface area (Å²) in [5.41, 5.74) is -1.18. The molecule has 5 nitrogen and oxygen atoms in total. The van der Waals surface area contributed by atoms with E-state index < -0.39 is 11.5 Å². The Bertz CT molecular complexity index is 275. The van der Waals surface area contributed by atoms with Crippen molar-refractivity contribution < 1.29 is 14.7 Å². The molecule has 0 bridgehead atoms. The predicted molar refractivity (Wildman–Crippen MR) is 66.9 cm³/mol. The lowest BCUT2D eigenvalue weighted by atomic mass is 10.0. The molecule has 0 spiro atoms. The first kappa shape index (κ1) is 15.7. The van der Waals surface area contributed by atoms with E-state index in [4.69, 9.17) is 5.11 Å². The lowest BCUT2D eigenvalue weighted by Gasteiger charge is -2.34. The highest BCUT2D eigenvalue weighted by Gasteiger charge is 2.36. The summed E-state index contributed by atoms with van der Waals surface area (Å²) in [6, 6.07) is -0.319. The number of carbonyl (C=O) groups excluding carboxylic acids is 1. The van der Waals surface area contributed by atoms with Crippen molar-refractivity contribution in [2.75, 3.05) is 13.1 Å². The fourth-order valence-corrected chi connectivity index (χ4v) is 1.47. The molecule has 17 heavy (non-hydrogen) atoms. The molecule has 0 aromatic carbocycles. The second-order valence-electron chi connectivity index (χ2n) is 5.02. The molecule has 5 heteroatoms. The van der Waals surface area contributed by atoms with Crippen molar-refractivity contribution in [2.45, 2.75) is 46.6 Å². The molecule has 0 radical (unpaired) electrons. The number of carboxylic acids is 1. The zero-order valence-electron chi connectivity index (χ0n) is 11.4. The Morgan fingerprint density at radius 1 is 1.35 bits per heavy atom. The number of hydrogen-bond donors (Lipinski definition) is 2. The highest BCUT2D eigenvalue weighted by Crippen LogP contribution is 2.14. The van der Waals surface area contributed by atoms with Crippen LogP contribution in [0.5, 0.6) is 0 Å². The third kappa shape index (κ3) is 4.63. The molecule has 0 aliphatic rings. The van der Waals surface area contributed by atoms with Gasteiger partial charge in [-0.1, -0.05) is 13.8 Å². The van der Waals surface area contributed by atoms with Crippen molar-refractivity contribution in [1.82, 2.24) is 10.2 Å². The summed E-state index contributed by atoms with van der Waals surface area (Å²) in [5.74, 6) is -0.490. The van der Waals surface area contributed by atoms with Gasteiger partial charge in [-0.2, -0.15) is 0 Å². The summed E-state index contributed by atoms with van der Waals surface area (Å²) in [6.07, 6.45) is 0.886. The fraction of sp³-hybridized carbons (Fsp3) is 0.833. The van der Waals surface area contributed by atoms with E-state index in [1.54, 1.807) is 6.92 Å². The van der Waals surface area contributed by atoms with E-state index in [1.165, 1.54) is 18.7 Å². The van der Waals surface area contributed by atoms with Gasteiger partial charge in [0.1, 0.15) is 5.54 Å². The average Bonchev–Trinajstić information content (AvgIpc) is 2.17. The van der Waals surface area contributed by atoms with Crippen LogP contribution in [0.2, 0.25) is 0 Å². The van der Waals surface area contributed by atoms with Gasteiger partial charge in [-0.3, -0.25) is 0 Å². The summed E-state index contributed by atoms with van der Waals surface area (Å²) in [7, 11) is 0. The van der Waals surface area contributed by atoms with Crippen LogP contribution in [0, 0.1) is 5.92 Å². The molecule has 0 saturated heterocycles. The summed E-state index contributed by atoms with van der Waals surface area (Å²) in [5, 5.41) is 11.8. The Morgan fingerprint density at radius 2 is 1.88 bits per heavy atom. The van der Waals surface area contributed by atoms with Crippen LogP contribution in [0.4, 0.5) is 4.79 Å². The maximum atomic E-state index is 11.9. The Labute approximate surface area is 103 Å². The van der Waals surface area contributed by atoms with Gasteiger partial charge in [-0.05, 0) is 33.1 Å². The maximum absolute atomic E-state index is 11.9. The Kier molecular flexibility index (Phi) is 5.99. The van der Waals surface area contributed by atoms with Crippen LogP contribution in [0.1, 0.15) is 41.0 Å². The van der Waals surface area contributed by atoms with Crippen molar-refractivity contribution in [3.05, 3.63) is 0 Å². The van der Waals surface area contributed by atoms with E-state index in [-0.39, 0.29) is 6.03 Å². The monoisotopic (exact) mass is 244 g/mol. The molecule has 0 atom stereocenters. The number of carbonyl (C=O) groups is 2. The van der Waals surface area contributed by atoms with E-state index in [9.17, 15) is 9.59 Å². The molecule has 2 N–H and O–H groups in total. The van der Waals surface area contributed by atoms with Gasteiger partial charge in [0.05, 0.1) is 0 Å². The highest BCUT2D eigenvalue weighted by molar-refractivity contribution is 5.85. The molecular weight excluding hydrogens is 220 g/mol. The topological polar surface area (TPSA) is 69.6 Å². The van der Waals surface area contributed by atoms with Gasteiger partial charge >= 0.3 is 12.0 Å². The number of hydrogen-bond acceptors (Lipinski definition) is 2. The smallest absolute Gasteiger partial charge is 0.329 e. The minimum atomic E-state index is -1.18. The van der Waals surface area contributed by atoms with Crippen LogP contribution >= 0.6 is 0 Å². The molecule has 0 fully saturated rings. The van der Waals surface area contributed by atoms with E-state index in [2.05, 4.69) is 19.2 Å². The molecule has 0 saturated carbocycles. The largest absolute Gasteiger partial charge is 0.480 e. The zero-order valence-corrected chi connectivity index (χ0v) is 11.4. The second-order valence-corrected chi connectivity index (χ2v) is 5.02. The first-order valence-corrected chi connectivity index (χ1v) is 6.02. The number of nitrogens with zero attached hydrogens (tertiary/aromatic N) is 1. The van der Waals surface area contributed by atoms with E-state index in [0.717, 1.165) is 6.42 Å². The van der Waals surface area contributed by atoms with E-state index in [1.807, 2.05) is 0 Å². The minimum Gasteiger partial charge on any atom is -0.480 e. The standard InChI is InChI=1S/C12H24N2O3/c1-6-14(12(4,5)10(15)16)11(17)13-8-7-9(2)3/h9H,6-8H2,1-5H3,(H,13,17)(H,15,16). The van der Waals surface area contributed by atoms with Gasteiger partial charge < -0.3 is 15.3 Å². The summed E-state index contributed by atoms with van der Waals surface area (Å²) < 4.78 is 0. The van der Waals surface area contributed by atoms with Gasteiger partial charge in [0.2, 0.25) is 0 Å². The second kappa shape index (κ2) is 6.47. The number of rotatable bonds is 6. The van der Waals surface area contributed by atoms with Gasteiger partial charge in [0.15, 0.2) is 0 Å². The summed E-state index contributed by atoms with van der Waals surface area (Å²) in [4.78, 5) is 24.3. The number of likely N-dealkylation sites (N-methyl/N-ethyl adjacent to an activating group) is 1. The molecule has 0 aliphatic carbocycles. The van der Waals surface area contributed by atoms with Crippen LogP contribution in [-0.2, 0) is 4.79 Å². The van der Waals surface area contributed by atoms with Crippen LogP contribution in [0.15, 0.2) is 0 Å². The zero-order chi connectivity index (χ0) is 13.6.